The smallest absolute Gasteiger partial charge is 0.220 e. The number of rotatable bonds is 12. The first-order valence-corrected chi connectivity index (χ1v) is 9.95. The molecular weight excluding hydrogens is 322 g/mol. The number of unbranched alkanes of at least 4 members (excludes halogenated alkanes) is 6. The molecule has 2 aromatic rings. The molecular formula is C23H31NO2. The Bertz CT molecular complexity index is 695. The van der Waals surface area contributed by atoms with Crippen LogP contribution in [-0.4, -0.2) is 18.2 Å². The maximum absolute atomic E-state index is 12.1. The van der Waals surface area contributed by atoms with E-state index >= 15 is 0 Å². The fourth-order valence-electron chi connectivity index (χ4n) is 3.27. The second-order valence-electron chi connectivity index (χ2n) is 7.07. The summed E-state index contributed by atoms with van der Waals surface area (Å²) in [5, 5.41) is 5.21. The first kappa shape index (κ1) is 20.2. The number of aldehydes is 1. The molecule has 140 valence electrons. The molecule has 1 N–H and O–H groups in total. The Morgan fingerprint density at radius 1 is 0.962 bits per heavy atom. The van der Waals surface area contributed by atoms with Gasteiger partial charge in [0.05, 0.1) is 6.04 Å². The number of carbonyl (C=O) groups is 2. The van der Waals surface area contributed by atoms with Crippen LogP contribution in [0, 0.1) is 0 Å². The molecule has 0 saturated heterocycles. The lowest BCUT2D eigenvalue weighted by Gasteiger charge is -2.13. The Morgan fingerprint density at radius 3 is 2.38 bits per heavy atom. The van der Waals surface area contributed by atoms with Crippen molar-refractivity contribution in [3.05, 3.63) is 48.0 Å². The van der Waals surface area contributed by atoms with E-state index in [1.54, 1.807) is 0 Å². The van der Waals surface area contributed by atoms with Gasteiger partial charge >= 0.3 is 0 Å². The van der Waals surface area contributed by atoms with Crippen LogP contribution in [0.4, 0.5) is 0 Å². The lowest BCUT2D eigenvalue weighted by molar-refractivity contribution is -0.124. The van der Waals surface area contributed by atoms with Gasteiger partial charge in [-0.25, -0.2) is 0 Å². The molecule has 1 amide bonds. The molecule has 0 radical (unpaired) electrons. The second-order valence-corrected chi connectivity index (χ2v) is 7.07. The zero-order valence-electron chi connectivity index (χ0n) is 15.9. The van der Waals surface area contributed by atoms with Crippen molar-refractivity contribution in [2.45, 2.75) is 70.8 Å². The summed E-state index contributed by atoms with van der Waals surface area (Å²) in [6.07, 6.45) is 10.2. The van der Waals surface area contributed by atoms with E-state index in [-0.39, 0.29) is 5.91 Å². The zero-order valence-corrected chi connectivity index (χ0v) is 15.9. The number of benzene rings is 2. The Kier molecular flexibility index (Phi) is 8.88. The summed E-state index contributed by atoms with van der Waals surface area (Å²) in [4.78, 5) is 23.5. The van der Waals surface area contributed by atoms with Gasteiger partial charge in [0, 0.05) is 6.42 Å². The summed E-state index contributed by atoms with van der Waals surface area (Å²) < 4.78 is 0. The summed E-state index contributed by atoms with van der Waals surface area (Å²) in [6.45, 7) is 2.21. The summed E-state index contributed by atoms with van der Waals surface area (Å²) in [6, 6.07) is 13.9. The molecule has 0 aliphatic carbocycles. The van der Waals surface area contributed by atoms with E-state index < -0.39 is 6.04 Å². The minimum Gasteiger partial charge on any atom is -0.346 e. The van der Waals surface area contributed by atoms with Gasteiger partial charge in [-0.3, -0.25) is 4.79 Å². The fraction of sp³-hybridized carbons (Fsp3) is 0.478. The summed E-state index contributed by atoms with van der Waals surface area (Å²) in [5.74, 6) is -0.0172. The van der Waals surface area contributed by atoms with Crippen molar-refractivity contribution >= 4 is 23.0 Å². The van der Waals surface area contributed by atoms with E-state index in [9.17, 15) is 9.59 Å². The molecule has 0 saturated carbocycles. The van der Waals surface area contributed by atoms with Crippen LogP contribution in [0.5, 0.6) is 0 Å². The van der Waals surface area contributed by atoms with Crippen LogP contribution in [0.3, 0.4) is 0 Å². The van der Waals surface area contributed by atoms with Gasteiger partial charge in [0.1, 0.15) is 6.29 Å². The molecule has 0 fully saturated rings. The molecule has 0 aliphatic rings. The van der Waals surface area contributed by atoms with E-state index in [1.807, 2.05) is 18.2 Å². The van der Waals surface area contributed by atoms with Crippen molar-refractivity contribution in [2.75, 3.05) is 0 Å². The predicted octanol–water partition coefficient (Wildman–Crippen LogP) is 5.21. The first-order chi connectivity index (χ1) is 12.7. The lowest BCUT2D eigenvalue weighted by atomic mass is 10.0. The van der Waals surface area contributed by atoms with Crippen molar-refractivity contribution in [2.24, 2.45) is 0 Å². The minimum absolute atomic E-state index is 0.0172. The number of amides is 1. The predicted molar refractivity (Wildman–Crippen MR) is 108 cm³/mol. The van der Waals surface area contributed by atoms with Gasteiger partial charge in [-0.15, -0.1) is 0 Å². The standard InChI is InChI=1S/C23H31NO2/c1-2-3-4-5-6-7-8-13-23(26)24-22(18-25)17-19-14-15-20-11-9-10-12-21(20)16-19/h9-12,14-16,18,22H,2-8,13,17H2,1H3,(H,24,26). The van der Waals surface area contributed by atoms with E-state index in [1.165, 1.54) is 37.5 Å². The van der Waals surface area contributed by atoms with Gasteiger partial charge in [0.2, 0.25) is 5.91 Å². The monoisotopic (exact) mass is 353 g/mol. The quantitative estimate of drug-likeness (QED) is 0.421. The average molecular weight is 354 g/mol. The molecule has 0 bridgehead atoms. The Hall–Kier alpha value is -2.16. The van der Waals surface area contributed by atoms with Gasteiger partial charge in [-0.05, 0) is 29.2 Å². The highest BCUT2D eigenvalue weighted by atomic mass is 16.2. The number of fused-ring (bicyclic) bond motifs is 1. The summed E-state index contributed by atoms with van der Waals surface area (Å²) >= 11 is 0. The normalized spacial score (nSPS) is 12.0. The molecule has 26 heavy (non-hydrogen) atoms. The molecule has 2 rings (SSSR count). The highest BCUT2D eigenvalue weighted by Crippen LogP contribution is 2.16. The van der Waals surface area contributed by atoms with Gasteiger partial charge in [-0.2, -0.15) is 0 Å². The van der Waals surface area contributed by atoms with Crippen LogP contribution in [0.2, 0.25) is 0 Å². The van der Waals surface area contributed by atoms with Crippen LogP contribution < -0.4 is 5.32 Å². The Labute approximate surface area is 157 Å². The SMILES string of the molecule is CCCCCCCCCC(=O)NC(C=O)Cc1ccc2ccccc2c1. The molecule has 2 aromatic carbocycles. The van der Waals surface area contributed by atoms with Crippen LogP contribution in [-0.2, 0) is 16.0 Å². The van der Waals surface area contributed by atoms with Crippen molar-refractivity contribution in [3.8, 4) is 0 Å². The Morgan fingerprint density at radius 2 is 1.65 bits per heavy atom. The molecule has 1 unspecified atom stereocenters. The topological polar surface area (TPSA) is 46.2 Å². The number of hydrogen-bond donors (Lipinski definition) is 1. The van der Waals surface area contributed by atoms with E-state index in [2.05, 4.69) is 36.5 Å². The molecule has 0 spiro atoms. The number of nitrogens with one attached hydrogen (secondary N) is 1. The van der Waals surface area contributed by atoms with Gasteiger partial charge in [-0.1, -0.05) is 87.9 Å². The van der Waals surface area contributed by atoms with E-state index in [0.717, 1.165) is 30.1 Å². The van der Waals surface area contributed by atoms with Gasteiger partial charge in [0.15, 0.2) is 0 Å². The highest BCUT2D eigenvalue weighted by molar-refractivity contribution is 5.83. The van der Waals surface area contributed by atoms with Crippen molar-refractivity contribution < 1.29 is 9.59 Å². The average Bonchev–Trinajstić information content (AvgIpc) is 2.66. The molecule has 1 atom stereocenters. The summed E-state index contributed by atoms with van der Waals surface area (Å²) in [7, 11) is 0. The maximum Gasteiger partial charge on any atom is 0.220 e. The molecule has 0 aromatic heterocycles. The highest BCUT2D eigenvalue weighted by Gasteiger charge is 2.12. The van der Waals surface area contributed by atoms with Crippen molar-refractivity contribution in [3.63, 3.8) is 0 Å². The van der Waals surface area contributed by atoms with Crippen LogP contribution in [0.25, 0.3) is 10.8 Å². The molecule has 3 heteroatoms. The third kappa shape index (κ3) is 6.99. The fourth-order valence-corrected chi connectivity index (χ4v) is 3.27. The minimum atomic E-state index is -0.451. The Balaban J connectivity index is 1.73. The van der Waals surface area contributed by atoms with E-state index in [4.69, 9.17) is 0 Å². The van der Waals surface area contributed by atoms with Crippen LogP contribution in [0.15, 0.2) is 42.5 Å². The number of hydrogen-bond acceptors (Lipinski definition) is 2. The summed E-state index contributed by atoms with van der Waals surface area (Å²) in [5.41, 5.74) is 1.07. The van der Waals surface area contributed by atoms with Crippen molar-refractivity contribution in [1.29, 1.82) is 0 Å². The third-order valence-electron chi connectivity index (χ3n) is 4.79. The first-order valence-electron chi connectivity index (χ1n) is 9.95. The van der Waals surface area contributed by atoms with E-state index in [0.29, 0.717) is 12.8 Å². The zero-order chi connectivity index (χ0) is 18.6. The molecule has 3 nitrogen and oxygen atoms in total. The third-order valence-corrected chi connectivity index (χ3v) is 4.79. The lowest BCUT2D eigenvalue weighted by Crippen LogP contribution is -2.37. The van der Waals surface area contributed by atoms with Gasteiger partial charge in [0.25, 0.3) is 0 Å². The van der Waals surface area contributed by atoms with Crippen molar-refractivity contribution in [1.82, 2.24) is 5.32 Å². The largest absolute Gasteiger partial charge is 0.346 e. The van der Waals surface area contributed by atoms with Gasteiger partial charge < -0.3 is 10.1 Å². The van der Waals surface area contributed by atoms with Crippen LogP contribution >= 0.6 is 0 Å². The second kappa shape index (κ2) is 11.5. The maximum atomic E-state index is 12.1. The van der Waals surface area contributed by atoms with Crippen LogP contribution in [0.1, 0.15) is 63.9 Å². The molecule has 0 aliphatic heterocycles. The number of carbonyl (C=O) groups excluding carboxylic acids is 2. The molecule has 0 heterocycles.